The lowest BCUT2D eigenvalue weighted by Gasteiger charge is -2.23. The standard InChI is InChI=1S/C19H23N5.C2H6/c1-15(24-13-12-23(24)2)19(22-20)14-21-11-10-17-8-5-7-16-6-3-4-9-18(16)17;1-2/h3-9,12-15H,10-11,20H2,1-2H3;1-2H3/b21-14?,22-19+;. The topological polar surface area (TPSA) is 60.6 Å². The summed E-state index contributed by atoms with van der Waals surface area (Å²) in [6, 6.07) is 14.9. The predicted octanol–water partition coefficient (Wildman–Crippen LogP) is 4.20. The molecule has 1 unspecified atom stereocenters. The third-order valence-electron chi connectivity index (χ3n) is 4.39. The molecule has 2 N–H and O–H groups in total. The maximum Gasteiger partial charge on any atom is 0.102 e. The summed E-state index contributed by atoms with van der Waals surface area (Å²) >= 11 is 0. The minimum absolute atomic E-state index is 0.0753. The smallest absolute Gasteiger partial charge is 0.102 e. The van der Waals surface area contributed by atoms with Crippen molar-refractivity contribution in [2.45, 2.75) is 33.2 Å². The van der Waals surface area contributed by atoms with Crippen LogP contribution in [0.5, 0.6) is 0 Å². The first-order valence-electron chi connectivity index (χ1n) is 9.14. The Morgan fingerprint density at radius 3 is 2.50 bits per heavy atom. The van der Waals surface area contributed by atoms with E-state index in [0.29, 0.717) is 6.54 Å². The van der Waals surface area contributed by atoms with Gasteiger partial charge < -0.3 is 5.84 Å². The van der Waals surface area contributed by atoms with Gasteiger partial charge >= 0.3 is 0 Å². The van der Waals surface area contributed by atoms with E-state index < -0.39 is 0 Å². The van der Waals surface area contributed by atoms with Crippen LogP contribution in [0, 0.1) is 0 Å². The fraction of sp³-hybridized carbons (Fsp3) is 0.333. The van der Waals surface area contributed by atoms with Gasteiger partial charge in [0.15, 0.2) is 0 Å². The van der Waals surface area contributed by atoms with Crippen LogP contribution in [0.25, 0.3) is 10.8 Å². The van der Waals surface area contributed by atoms with Gasteiger partial charge in [-0.25, -0.2) is 0 Å². The van der Waals surface area contributed by atoms with Gasteiger partial charge in [0.05, 0.1) is 6.04 Å². The number of aryl methyl sites for hydroxylation is 1. The van der Waals surface area contributed by atoms with Crippen LogP contribution in [-0.4, -0.2) is 27.8 Å². The van der Waals surface area contributed by atoms with E-state index in [4.69, 9.17) is 5.84 Å². The zero-order valence-electron chi connectivity index (χ0n) is 16.1. The second-order valence-corrected chi connectivity index (χ2v) is 5.91. The maximum atomic E-state index is 5.53. The molecular weight excluding hydrogens is 322 g/mol. The minimum Gasteiger partial charge on any atom is -0.323 e. The Labute approximate surface area is 155 Å². The Morgan fingerprint density at radius 1 is 1.12 bits per heavy atom. The summed E-state index contributed by atoms with van der Waals surface area (Å²) in [5.41, 5.74) is 2.08. The zero-order valence-corrected chi connectivity index (χ0v) is 16.1. The Morgan fingerprint density at radius 2 is 1.85 bits per heavy atom. The van der Waals surface area contributed by atoms with Gasteiger partial charge in [0.2, 0.25) is 0 Å². The third-order valence-corrected chi connectivity index (χ3v) is 4.39. The highest BCUT2D eigenvalue weighted by Gasteiger charge is 2.12. The summed E-state index contributed by atoms with van der Waals surface area (Å²) in [5, 5.41) is 6.45. The summed E-state index contributed by atoms with van der Waals surface area (Å²) in [7, 11) is 1.99. The molecule has 1 atom stereocenters. The second-order valence-electron chi connectivity index (χ2n) is 5.91. The predicted molar refractivity (Wildman–Crippen MR) is 112 cm³/mol. The molecule has 5 nitrogen and oxygen atoms in total. The molecule has 0 aliphatic rings. The second kappa shape index (κ2) is 9.61. The molecule has 0 saturated carbocycles. The van der Waals surface area contributed by atoms with Crippen LogP contribution in [0.1, 0.15) is 32.4 Å². The average molecular weight is 351 g/mol. The van der Waals surface area contributed by atoms with E-state index in [-0.39, 0.29) is 6.04 Å². The average Bonchev–Trinajstić information content (AvgIpc) is 2.68. The van der Waals surface area contributed by atoms with E-state index in [2.05, 4.69) is 64.2 Å². The molecule has 0 bridgehead atoms. The highest BCUT2D eigenvalue weighted by atomic mass is 15.4. The van der Waals surface area contributed by atoms with Gasteiger partial charge in [0.1, 0.15) is 5.71 Å². The first kappa shape index (κ1) is 19.5. The number of fused-ring (bicyclic) bond motifs is 1. The van der Waals surface area contributed by atoms with Crippen molar-refractivity contribution in [3.05, 3.63) is 60.4 Å². The first-order valence-corrected chi connectivity index (χ1v) is 9.14. The molecule has 138 valence electrons. The Bertz CT molecular complexity index is 864. The lowest BCUT2D eigenvalue weighted by molar-refractivity contribution is 0.449. The number of nitrogens with zero attached hydrogens (tertiary/aromatic N) is 4. The summed E-state index contributed by atoms with van der Waals surface area (Å²) in [6.45, 7) is 6.77. The fourth-order valence-electron chi connectivity index (χ4n) is 2.92. The van der Waals surface area contributed by atoms with Crippen molar-refractivity contribution in [2.24, 2.45) is 23.0 Å². The third kappa shape index (κ3) is 4.42. The van der Waals surface area contributed by atoms with Crippen molar-refractivity contribution < 1.29 is 0 Å². The molecular formula is C21H29N5. The van der Waals surface area contributed by atoms with Gasteiger partial charge in [0, 0.05) is 32.2 Å². The van der Waals surface area contributed by atoms with Crippen molar-refractivity contribution >= 4 is 22.7 Å². The van der Waals surface area contributed by atoms with E-state index in [9.17, 15) is 0 Å². The van der Waals surface area contributed by atoms with Gasteiger partial charge in [-0.05, 0) is 29.7 Å². The Balaban J connectivity index is 0.00000117. The van der Waals surface area contributed by atoms with Crippen LogP contribution in [0.4, 0.5) is 0 Å². The molecule has 5 heteroatoms. The summed E-state index contributed by atoms with van der Waals surface area (Å²) in [5.74, 6) is 5.53. The van der Waals surface area contributed by atoms with Crippen molar-refractivity contribution in [1.82, 2.24) is 9.36 Å². The van der Waals surface area contributed by atoms with Crippen LogP contribution in [0.15, 0.2) is 65.0 Å². The molecule has 3 aromatic rings. The number of rotatable bonds is 6. The quantitative estimate of drug-likeness (QED) is 0.404. The van der Waals surface area contributed by atoms with Crippen molar-refractivity contribution in [3.8, 4) is 0 Å². The van der Waals surface area contributed by atoms with Crippen LogP contribution in [0.2, 0.25) is 0 Å². The van der Waals surface area contributed by atoms with Crippen LogP contribution in [-0.2, 0) is 13.5 Å². The molecule has 3 rings (SSSR count). The van der Waals surface area contributed by atoms with E-state index in [1.54, 1.807) is 6.21 Å². The fourth-order valence-corrected chi connectivity index (χ4v) is 2.92. The molecule has 0 saturated heterocycles. The van der Waals surface area contributed by atoms with E-state index >= 15 is 0 Å². The lowest BCUT2D eigenvalue weighted by atomic mass is 10.0. The molecule has 0 radical (unpaired) electrons. The van der Waals surface area contributed by atoms with E-state index in [1.807, 2.05) is 38.0 Å². The molecule has 0 amide bonds. The molecule has 26 heavy (non-hydrogen) atoms. The van der Waals surface area contributed by atoms with Crippen LogP contribution >= 0.6 is 0 Å². The number of nitrogens with two attached hydrogens (primary N) is 1. The highest BCUT2D eigenvalue weighted by molar-refractivity contribution is 6.32. The Hall–Kier alpha value is -2.82. The zero-order chi connectivity index (χ0) is 18.9. The summed E-state index contributed by atoms with van der Waals surface area (Å²) < 4.78 is 4.06. The Kier molecular flexibility index (Phi) is 7.21. The van der Waals surface area contributed by atoms with Crippen molar-refractivity contribution in [2.75, 3.05) is 6.54 Å². The molecule has 0 aliphatic carbocycles. The van der Waals surface area contributed by atoms with Gasteiger partial charge in [0.25, 0.3) is 0 Å². The number of hydrogen-bond donors (Lipinski definition) is 1. The van der Waals surface area contributed by atoms with Gasteiger partial charge in [-0.2, -0.15) is 5.10 Å². The van der Waals surface area contributed by atoms with Gasteiger partial charge in [-0.1, -0.05) is 56.3 Å². The van der Waals surface area contributed by atoms with Gasteiger partial charge in [-0.3, -0.25) is 14.4 Å². The largest absolute Gasteiger partial charge is 0.323 e. The number of benzene rings is 2. The first-order chi connectivity index (χ1) is 12.7. The molecule has 1 heterocycles. The van der Waals surface area contributed by atoms with Crippen LogP contribution in [0.3, 0.4) is 0 Å². The van der Waals surface area contributed by atoms with E-state index in [1.165, 1.54) is 16.3 Å². The normalized spacial score (nSPS) is 13.0. The molecule has 0 spiro atoms. The minimum atomic E-state index is 0.0753. The number of hydrazone groups is 1. The molecule has 1 aromatic heterocycles. The monoisotopic (exact) mass is 351 g/mol. The molecule has 0 aliphatic heterocycles. The SMILES string of the molecule is CC.CC(/C(C=NCCc1cccc2ccccc12)=N/N)n1ccn1C. The summed E-state index contributed by atoms with van der Waals surface area (Å²) in [4.78, 5) is 4.53. The van der Waals surface area contributed by atoms with Crippen LogP contribution < -0.4 is 5.84 Å². The highest BCUT2D eigenvalue weighted by Crippen LogP contribution is 2.18. The lowest BCUT2D eigenvalue weighted by Crippen LogP contribution is -2.27. The van der Waals surface area contributed by atoms with Gasteiger partial charge in [-0.15, -0.1) is 0 Å². The number of hydrogen-bond acceptors (Lipinski definition) is 3. The number of aromatic nitrogens is 2. The van der Waals surface area contributed by atoms with Crippen molar-refractivity contribution in [3.63, 3.8) is 0 Å². The molecule has 2 aromatic carbocycles. The van der Waals surface area contributed by atoms with Crippen molar-refractivity contribution in [1.29, 1.82) is 0 Å². The number of aliphatic imine (C=N–C) groups is 1. The maximum absolute atomic E-state index is 5.53. The summed E-state index contributed by atoms with van der Waals surface area (Å²) in [6.07, 6.45) is 6.67. The van der Waals surface area contributed by atoms with E-state index in [0.717, 1.165) is 12.1 Å². The molecule has 0 fully saturated rings.